The third-order valence-corrected chi connectivity index (χ3v) is 2.33. The first kappa shape index (κ1) is 15.2. The number of carbonyl (C=O) groups excluding carboxylic acids is 2. The predicted molar refractivity (Wildman–Crippen MR) is 67.1 cm³/mol. The zero-order valence-electron chi connectivity index (χ0n) is 10.2. The normalized spacial score (nSPS) is 12.4. The summed E-state index contributed by atoms with van der Waals surface area (Å²) in [5.74, 6) is -2.20. The van der Waals surface area contributed by atoms with E-state index in [1.165, 1.54) is 24.3 Å². The van der Waals surface area contributed by atoms with Crippen LogP contribution in [-0.2, 0) is 14.3 Å². The van der Waals surface area contributed by atoms with Gasteiger partial charge in [-0.05, 0) is 31.2 Å². The second-order valence-electron chi connectivity index (χ2n) is 3.45. The van der Waals surface area contributed by atoms with Crippen molar-refractivity contribution >= 4 is 29.0 Å². The Morgan fingerprint density at radius 1 is 1.37 bits per heavy atom. The topological polar surface area (TPSA) is 68.1 Å². The fraction of sp³-hybridized carbons (Fsp3) is 0.333. The Balaban J connectivity index is 2.84. The van der Waals surface area contributed by atoms with Gasteiger partial charge < -0.3 is 4.74 Å². The predicted octanol–water partition coefficient (Wildman–Crippen LogP) is 2.65. The summed E-state index contributed by atoms with van der Waals surface area (Å²) < 4.78 is 17.4. The number of benzene rings is 1. The van der Waals surface area contributed by atoms with E-state index >= 15 is 0 Å². The van der Waals surface area contributed by atoms with Crippen LogP contribution in [0.3, 0.4) is 0 Å². The van der Waals surface area contributed by atoms with Crippen molar-refractivity contribution in [2.45, 2.75) is 13.0 Å². The molecule has 1 aromatic carbocycles. The minimum absolute atomic E-state index is 0.122. The molecule has 0 aliphatic rings. The van der Waals surface area contributed by atoms with Crippen LogP contribution in [0.1, 0.15) is 6.92 Å². The molecule has 1 rings (SSSR count). The van der Waals surface area contributed by atoms with Crippen LogP contribution >= 0.6 is 11.6 Å². The van der Waals surface area contributed by atoms with E-state index in [1.807, 2.05) is 0 Å². The third-order valence-electron chi connectivity index (χ3n) is 2.06. The van der Waals surface area contributed by atoms with Gasteiger partial charge in [-0.1, -0.05) is 0 Å². The standard InChI is InChI=1S/C12H12ClFN2O3/c1-2-19-12(18)11(10(17)7-13)16-15-9-5-3-8(14)4-6-9/h3-6,11H,2,7H2,1H3. The number of carbonyl (C=O) groups is 2. The highest BCUT2D eigenvalue weighted by molar-refractivity contribution is 6.30. The van der Waals surface area contributed by atoms with Gasteiger partial charge in [-0.15, -0.1) is 11.6 Å². The number of azo groups is 1. The van der Waals surface area contributed by atoms with Gasteiger partial charge in [0.2, 0.25) is 6.04 Å². The van der Waals surface area contributed by atoms with E-state index < -0.39 is 23.6 Å². The number of halogens is 2. The van der Waals surface area contributed by atoms with Gasteiger partial charge in [-0.3, -0.25) is 4.79 Å². The van der Waals surface area contributed by atoms with Gasteiger partial charge in [0.25, 0.3) is 0 Å². The number of hydrogen-bond acceptors (Lipinski definition) is 5. The average Bonchev–Trinajstić information content (AvgIpc) is 2.41. The van der Waals surface area contributed by atoms with E-state index in [-0.39, 0.29) is 12.5 Å². The highest BCUT2D eigenvalue weighted by Crippen LogP contribution is 2.14. The molecule has 0 spiro atoms. The number of Topliss-reactive ketones (excluding diaryl/α,β-unsaturated/α-hetero) is 1. The zero-order chi connectivity index (χ0) is 14.3. The summed E-state index contributed by atoms with van der Waals surface area (Å²) in [5, 5.41) is 7.31. The van der Waals surface area contributed by atoms with Crippen molar-refractivity contribution in [3.63, 3.8) is 0 Å². The van der Waals surface area contributed by atoms with Crippen LogP contribution in [0.25, 0.3) is 0 Å². The average molecular weight is 287 g/mol. The summed E-state index contributed by atoms with van der Waals surface area (Å²) in [5.41, 5.74) is 0.318. The van der Waals surface area contributed by atoms with E-state index in [0.29, 0.717) is 5.69 Å². The number of nitrogens with zero attached hydrogens (tertiary/aromatic N) is 2. The minimum atomic E-state index is -1.39. The van der Waals surface area contributed by atoms with E-state index in [0.717, 1.165) is 0 Å². The molecule has 0 aliphatic heterocycles. The first-order chi connectivity index (χ1) is 9.08. The Bertz CT molecular complexity index is 476. The van der Waals surface area contributed by atoms with E-state index in [4.69, 9.17) is 16.3 Å². The van der Waals surface area contributed by atoms with Crippen molar-refractivity contribution < 1.29 is 18.7 Å². The van der Waals surface area contributed by atoms with E-state index in [2.05, 4.69) is 10.2 Å². The quantitative estimate of drug-likeness (QED) is 0.349. The maximum Gasteiger partial charge on any atom is 0.340 e. The van der Waals surface area contributed by atoms with Gasteiger partial charge in [0, 0.05) is 0 Å². The smallest absolute Gasteiger partial charge is 0.340 e. The summed E-state index contributed by atoms with van der Waals surface area (Å²) >= 11 is 5.38. The van der Waals surface area contributed by atoms with Crippen LogP contribution in [0, 0.1) is 5.82 Å². The van der Waals surface area contributed by atoms with Gasteiger partial charge >= 0.3 is 5.97 Å². The van der Waals surface area contributed by atoms with Crippen molar-refractivity contribution in [3.05, 3.63) is 30.1 Å². The molecule has 0 amide bonds. The van der Waals surface area contributed by atoms with Crippen LogP contribution in [0.5, 0.6) is 0 Å². The second-order valence-corrected chi connectivity index (χ2v) is 3.71. The molecule has 0 heterocycles. The number of ketones is 1. The molecule has 0 fully saturated rings. The van der Waals surface area contributed by atoms with Gasteiger partial charge in [0.15, 0.2) is 5.78 Å². The first-order valence-electron chi connectivity index (χ1n) is 5.50. The zero-order valence-corrected chi connectivity index (χ0v) is 10.9. The molecule has 1 aromatic rings. The first-order valence-corrected chi connectivity index (χ1v) is 6.03. The van der Waals surface area contributed by atoms with Crippen LogP contribution < -0.4 is 0 Å². The lowest BCUT2D eigenvalue weighted by atomic mass is 10.2. The second kappa shape index (κ2) is 7.58. The summed E-state index contributed by atoms with van der Waals surface area (Å²) in [6.07, 6.45) is 0. The Hall–Kier alpha value is -1.82. The minimum Gasteiger partial charge on any atom is -0.464 e. The van der Waals surface area contributed by atoms with Gasteiger partial charge in [-0.25, -0.2) is 9.18 Å². The monoisotopic (exact) mass is 286 g/mol. The molecule has 0 radical (unpaired) electrons. The molecular weight excluding hydrogens is 275 g/mol. The molecule has 0 N–H and O–H groups in total. The van der Waals surface area contributed by atoms with Gasteiger partial charge in [0.1, 0.15) is 5.82 Å². The molecule has 0 aromatic heterocycles. The lowest BCUT2D eigenvalue weighted by Crippen LogP contribution is -2.30. The van der Waals surface area contributed by atoms with Crippen molar-refractivity contribution in [1.82, 2.24) is 0 Å². The number of alkyl halides is 1. The van der Waals surface area contributed by atoms with E-state index in [1.54, 1.807) is 6.92 Å². The highest BCUT2D eigenvalue weighted by atomic mass is 35.5. The van der Waals surface area contributed by atoms with Crippen LogP contribution in [0.4, 0.5) is 10.1 Å². The largest absolute Gasteiger partial charge is 0.464 e. The molecule has 0 aliphatic carbocycles. The number of ether oxygens (including phenoxy) is 1. The van der Waals surface area contributed by atoms with E-state index in [9.17, 15) is 14.0 Å². The molecule has 0 saturated heterocycles. The summed E-state index contributed by atoms with van der Waals surface area (Å²) in [6, 6.07) is 3.73. The molecule has 5 nitrogen and oxygen atoms in total. The molecular formula is C12H12ClFN2O3. The fourth-order valence-corrected chi connectivity index (χ4v) is 1.32. The molecule has 102 valence electrons. The van der Waals surface area contributed by atoms with Crippen molar-refractivity contribution in [2.24, 2.45) is 10.2 Å². The van der Waals surface area contributed by atoms with Crippen molar-refractivity contribution in [3.8, 4) is 0 Å². The molecule has 0 bridgehead atoms. The van der Waals surface area contributed by atoms with Gasteiger partial charge in [0.05, 0.1) is 18.2 Å². The lowest BCUT2D eigenvalue weighted by molar-refractivity contribution is -0.147. The maximum absolute atomic E-state index is 12.7. The Morgan fingerprint density at radius 2 is 2.00 bits per heavy atom. The van der Waals surface area contributed by atoms with Crippen molar-refractivity contribution in [2.75, 3.05) is 12.5 Å². The molecule has 1 atom stereocenters. The fourth-order valence-electron chi connectivity index (χ4n) is 1.17. The van der Waals surface area contributed by atoms with Crippen molar-refractivity contribution in [1.29, 1.82) is 0 Å². The SMILES string of the molecule is CCOC(=O)C(N=Nc1ccc(F)cc1)C(=O)CCl. The Kier molecular flexibility index (Phi) is 6.08. The molecule has 19 heavy (non-hydrogen) atoms. The van der Waals surface area contributed by atoms with Crippen LogP contribution in [0.15, 0.2) is 34.5 Å². The number of rotatable bonds is 6. The molecule has 1 unspecified atom stereocenters. The lowest BCUT2D eigenvalue weighted by Gasteiger charge is -2.07. The highest BCUT2D eigenvalue weighted by Gasteiger charge is 2.26. The van der Waals surface area contributed by atoms with Gasteiger partial charge in [-0.2, -0.15) is 10.2 Å². The molecule has 0 saturated carbocycles. The Labute approximate surface area is 114 Å². The van der Waals surface area contributed by atoms with Crippen LogP contribution in [-0.4, -0.2) is 30.3 Å². The summed E-state index contributed by atoms with van der Waals surface area (Å²) in [4.78, 5) is 23.0. The number of hydrogen-bond donors (Lipinski definition) is 0. The maximum atomic E-state index is 12.7. The number of esters is 1. The third kappa shape index (κ3) is 4.75. The molecule has 7 heteroatoms. The summed E-state index contributed by atoms with van der Waals surface area (Å²) in [6.45, 7) is 1.73. The summed E-state index contributed by atoms with van der Waals surface area (Å²) in [7, 11) is 0. The Morgan fingerprint density at radius 3 is 2.53 bits per heavy atom. The van der Waals surface area contributed by atoms with Crippen LogP contribution in [0.2, 0.25) is 0 Å².